The van der Waals surface area contributed by atoms with Crippen LogP contribution in [0.1, 0.15) is 33.1 Å². The van der Waals surface area contributed by atoms with E-state index in [1.54, 1.807) is 6.20 Å². The topological polar surface area (TPSA) is 93.4 Å². The Bertz CT molecular complexity index is 354. The maximum atomic E-state index is 12.0. The van der Waals surface area contributed by atoms with Crippen molar-refractivity contribution in [3.8, 4) is 0 Å². The lowest BCUT2D eigenvalue weighted by Gasteiger charge is -2.18. The van der Waals surface area contributed by atoms with Crippen LogP contribution in [-0.4, -0.2) is 31.2 Å². The molecule has 120 valence electrons. The van der Waals surface area contributed by atoms with Gasteiger partial charge in [-0.1, -0.05) is 32.6 Å². The maximum Gasteiger partial charge on any atom is 0.408 e. The summed E-state index contributed by atoms with van der Waals surface area (Å²) in [5.41, 5.74) is 5.38. The van der Waals surface area contributed by atoms with Gasteiger partial charge in [0.25, 0.3) is 0 Å². The molecule has 0 spiro atoms. The Morgan fingerprint density at radius 2 is 2.10 bits per heavy atom. The Morgan fingerprint density at radius 3 is 2.67 bits per heavy atom. The first-order valence-electron chi connectivity index (χ1n) is 7.20. The minimum atomic E-state index is -0.624. The second kappa shape index (κ2) is 12.0. The molecule has 0 rings (SSSR count). The molecule has 0 fully saturated rings. The van der Waals surface area contributed by atoms with Crippen LogP contribution in [0.15, 0.2) is 24.9 Å². The first kappa shape index (κ1) is 19.2. The maximum absolute atomic E-state index is 12.0. The summed E-state index contributed by atoms with van der Waals surface area (Å²) in [6, 6.07) is -0.624. The van der Waals surface area contributed by atoms with E-state index in [9.17, 15) is 9.59 Å². The summed E-state index contributed by atoms with van der Waals surface area (Å²) < 4.78 is 4.83. The summed E-state index contributed by atoms with van der Waals surface area (Å²) in [6.07, 6.45) is 6.48. The lowest BCUT2D eigenvalue weighted by atomic mass is 10.0. The molecular weight excluding hydrogens is 270 g/mol. The second-order valence-electron chi connectivity index (χ2n) is 5.06. The highest BCUT2D eigenvalue weighted by molar-refractivity contribution is 5.86. The summed E-state index contributed by atoms with van der Waals surface area (Å²) >= 11 is 0. The summed E-state index contributed by atoms with van der Waals surface area (Å²) in [4.78, 5) is 23.6. The third-order valence-electron chi connectivity index (χ3n) is 2.57. The Balaban J connectivity index is 4.37. The predicted molar refractivity (Wildman–Crippen MR) is 83.5 cm³/mol. The van der Waals surface area contributed by atoms with E-state index in [2.05, 4.69) is 17.2 Å². The number of amides is 2. The second-order valence-corrected chi connectivity index (χ2v) is 5.06. The van der Waals surface area contributed by atoms with Crippen LogP contribution < -0.4 is 16.4 Å². The zero-order valence-electron chi connectivity index (χ0n) is 12.9. The van der Waals surface area contributed by atoms with Gasteiger partial charge in [-0.3, -0.25) is 4.79 Å². The van der Waals surface area contributed by atoms with Gasteiger partial charge < -0.3 is 21.1 Å². The molecule has 0 unspecified atom stereocenters. The Morgan fingerprint density at radius 1 is 1.38 bits per heavy atom. The molecule has 1 atom stereocenters. The van der Waals surface area contributed by atoms with E-state index < -0.39 is 12.1 Å². The molecule has 0 radical (unpaired) electrons. The Kier molecular flexibility index (Phi) is 10.9. The van der Waals surface area contributed by atoms with Crippen LogP contribution in [0.5, 0.6) is 0 Å². The quantitative estimate of drug-likeness (QED) is 0.422. The summed E-state index contributed by atoms with van der Waals surface area (Å²) in [5.74, 6) is 0.00456. The molecule has 2 amide bonds. The van der Waals surface area contributed by atoms with Crippen LogP contribution in [0.4, 0.5) is 4.79 Å². The Hall–Kier alpha value is -1.82. The van der Waals surface area contributed by atoms with Crippen molar-refractivity contribution in [2.45, 2.75) is 39.2 Å². The highest BCUT2D eigenvalue weighted by Gasteiger charge is 2.21. The fraction of sp³-hybridized carbons (Fsp3) is 0.600. The van der Waals surface area contributed by atoms with Gasteiger partial charge in [-0.15, -0.1) is 0 Å². The molecule has 21 heavy (non-hydrogen) atoms. The van der Waals surface area contributed by atoms with Gasteiger partial charge in [0, 0.05) is 0 Å². The van der Waals surface area contributed by atoms with E-state index in [1.165, 1.54) is 6.08 Å². The van der Waals surface area contributed by atoms with Gasteiger partial charge in [0.05, 0.1) is 0 Å². The van der Waals surface area contributed by atoms with Crippen LogP contribution in [0.25, 0.3) is 0 Å². The smallest absolute Gasteiger partial charge is 0.408 e. The largest absolute Gasteiger partial charge is 0.445 e. The fourth-order valence-corrected chi connectivity index (χ4v) is 1.58. The molecule has 0 aromatic rings. The highest BCUT2D eigenvalue weighted by atomic mass is 16.5. The summed E-state index contributed by atoms with van der Waals surface area (Å²) in [5, 5.41) is 5.22. The molecule has 0 saturated heterocycles. The van der Waals surface area contributed by atoms with Crippen molar-refractivity contribution in [2.75, 3.05) is 13.2 Å². The normalized spacial score (nSPS) is 12.2. The number of carbonyl (C=O) groups is 2. The molecule has 0 saturated carbocycles. The van der Waals surface area contributed by atoms with E-state index in [4.69, 9.17) is 10.5 Å². The first-order chi connectivity index (χ1) is 10.0. The summed E-state index contributed by atoms with van der Waals surface area (Å²) in [6.45, 7) is 8.15. The highest BCUT2D eigenvalue weighted by Crippen LogP contribution is 2.05. The lowest BCUT2D eigenvalue weighted by Crippen LogP contribution is -2.46. The van der Waals surface area contributed by atoms with E-state index in [0.717, 1.165) is 12.8 Å². The minimum Gasteiger partial charge on any atom is -0.445 e. The van der Waals surface area contributed by atoms with Gasteiger partial charge >= 0.3 is 6.09 Å². The number of hydrogen-bond acceptors (Lipinski definition) is 4. The third kappa shape index (κ3) is 10.6. The zero-order chi connectivity index (χ0) is 16.1. The molecule has 0 aliphatic carbocycles. The third-order valence-corrected chi connectivity index (χ3v) is 2.57. The van der Waals surface area contributed by atoms with Crippen LogP contribution in [0, 0.1) is 5.92 Å². The van der Waals surface area contributed by atoms with Crippen molar-refractivity contribution in [3.05, 3.63) is 24.9 Å². The van der Waals surface area contributed by atoms with Crippen LogP contribution in [0.3, 0.4) is 0 Å². The molecule has 0 bridgehead atoms. The predicted octanol–water partition coefficient (Wildman–Crippen LogP) is 1.68. The van der Waals surface area contributed by atoms with E-state index in [0.29, 0.717) is 13.0 Å². The number of nitrogens with two attached hydrogens (primary N) is 1. The molecule has 4 N–H and O–H groups in total. The average Bonchev–Trinajstić information content (AvgIpc) is 2.43. The van der Waals surface area contributed by atoms with Crippen molar-refractivity contribution in [2.24, 2.45) is 11.7 Å². The number of alkyl carbamates (subject to hydrolysis) is 1. The van der Waals surface area contributed by atoms with E-state index in [1.807, 2.05) is 19.9 Å². The standard InChI is InChI=1S/C15H27N3O3/c1-4-10-21-15(20)18-13(11-12(2)3)14(19)17-9-7-5-6-8-16/h4,7,9,12-13H,1,5-6,8,10-11,16H2,2-3H3,(H,17,19)(H,18,20)/t13-/m1/s1. The van der Waals surface area contributed by atoms with Crippen molar-refractivity contribution < 1.29 is 14.3 Å². The van der Waals surface area contributed by atoms with Crippen molar-refractivity contribution in [1.29, 1.82) is 0 Å². The lowest BCUT2D eigenvalue weighted by molar-refractivity contribution is -0.122. The van der Waals surface area contributed by atoms with Gasteiger partial charge in [-0.05, 0) is 37.9 Å². The number of unbranched alkanes of at least 4 members (excludes halogenated alkanes) is 1. The first-order valence-corrected chi connectivity index (χ1v) is 7.20. The molecule has 0 heterocycles. The van der Waals surface area contributed by atoms with E-state index in [-0.39, 0.29) is 18.4 Å². The zero-order valence-corrected chi connectivity index (χ0v) is 12.9. The van der Waals surface area contributed by atoms with Gasteiger partial charge in [0.2, 0.25) is 5.91 Å². The fourth-order valence-electron chi connectivity index (χ4n) is 1.58. The summed E-state index contributed by atoms with van der Waals surface area (Å²) in [7, 11) is 0. The monoisotopic (exact) mass is 297 g/mol. The number of hydrogen-bond donors (Lipinski definition) is 3. The van der Waals surface area contributed by atoms with Crippen LogP contribution in [0.2, 0.25) is 0 Å². The number of carbonyl (C=O) groups excluding carboxylic acids is 2. The number of allylic oxidation sites excluding steroid dienone is 1. The van der Waals surface area contributed by atoms with Crippen molar-refractivity contribution >= 4 is 12.0 Å². The van der Waals surface area contributed by atoms with Gasteiger partial charge in [-0.2, -0.15) is 0 Å². The van der Waals surface area contributed by atoms with Crippen molar-refractivity contribution in [1.82, 2.24) is 10.6 Å². The molecule has 6 heteroatoms. The molecule has 0 aromatic heterocycles. The minimum absolute atomic E-state index is 0.112. The molecule has 0 aliphatic heterocycles. The molecule has 0 aromatic carbocycles. The van der Waals surface area contributed by atoms with Crippen LogP contribution >= 0.6 is 0 Å². The number of nitrogens with one attached hydrogen (secondary N) is 2. The number of ether oxygens (including phenoxy) is 1. The van der Waals surface area contributed by atoms with Gasteiger partial charge in [0.1, 0.15) is 12.6 Å². The number of rotatable bonds is 10. The average molecular weight is 297 g/mol. The Labute approximate surface area is 126 Å². The van der Waals surface area contributed by atoms with Gasteiger partial charge in [0.15, 0.2) is 0 Å². The molecule has 6 nitrogen and oxygen atoms in total. The van der Waals surface area contributed by atoms with Crippen molar-refractivity contribution in [3.63, 3.8) is 0 Å². The van der Waals surface area contributed by atoms with Gasteiger partial charge in [-0.25, -0.2) is 4.79 Å². The van der Waals surface area contributed by atoms with Crippen LogP contribution in [-0.2, 0) is 9.53 Å². The molecular formula is C15H27N3O3. The SMILES string of the molecule is C=CCOC(=O)N[C@H](CC(C)C)C(=O)NC=CCCCN. The van der Waals surface area contributed by atoms with E-state index >= 15 is 0 Å². The molecule has 0 aliphatic rings.